The number of aliphatic carboxylic acids is 1. The van der Waals surface area contributed by atoms with Crippen LogP contribution < -0.4 is 5.32 Å². The third-order valence-corrected chi connectivity index (χ3v) is 3.31. The number of carboxylic acid groups (broad SMARTS) is 1. The lowest BCUT2D eigenvalue weighted by molar-refractivity contribution is -0.143. The quantitative estimate of drug-likeness (QED) is 0.851. The molecule has 2 amide bonds. The molecule has 19 heavy (non-hydrogen) atoms. The summed E-state index contributed by atoms with van der Waals surface area (Å²) in [6, 6.07) is 3.26. The van der Waals surface area contributed by atoms with E-state index in [2.05, 4.69) is 10.3 Å². The van der Waals surface area contributed by atoms with Crippen molar-refractivity contribution in [3.63, 3.8) is 0 Å². The zero-order valence-electron chi connectivity index (χ0n) is 10.8. The van der Waals surface area contributed by atoms with Gasteiger partial charge in [-0.3, -0.25) is 9.78 Å². The van der Waals surface area contributed by atoms with Crippen molar-refractivity contribution in [1.82, 2.24) is 9.88 Å². The number of pyridine rings is 1. The van der Waals surface area contributed by atoms with Gasteiger partial charge in [0.2, 0.25) is 0 Å². The summed E-state index contributed by atoms with van der Waals surface area (Å²) >= 11 is 0. The number of carbonyl (C=O) groups excluding carboxylic acids is 1. The molecular weight excluding hydrogens is 246 g/mol. The van der Waals surface area contributed by atoms with Gasteiger partial charge in [-0.2, -0.15) is 0 Å². The highest BCUT2D eigenvalue weighted by Crippen LogP contribution is 2.18. The number of likely N-dealkylation sites (tertiary alicyclic amines) is 1. The minimum atomic E-state index is -0.838. The zero-order chi connectivity index (χ0) is 13.8. The van der Waals surface area contributed by atoms with E-state index < -0.39 is 11.9 Å². The molecule has 2 heterocycles. The number of amides is 2. The topological polar surface area (TPSA) is 82.5 Å². The summed E-state index contributed by atoms with van der Waals surface area (Å²) in [6.45, 7) is 2.67. The molecule has 102 valence electrons. The maximum atomic E-state index is 12.1. The van der Waals surface area contributed by atoms with Crippen LogP contribution >= 0.6 is 0 Å². The molecule has 2 rings (SSSR count). The second-order valence-corrected chi connectivity index (χ2v) is 4.69. The average molecular weight is 263 g/mol. The largest absolute Gasteiger partial charge is 0.481 e. The van der Waals surface area contributed by atoms with E-state index in [1.54, 1.807) is 23.2 Å². The van der Waals surface area contributed by atoms with Gasteiger partial charge in [0, 0.05) is 19.3 Å². The summed E-state index contributed by atoms with van der Waals surface area (Å²) in [6.07, 6.45) is 3.01. The van der Waals surface area contributed by atoms with Crippen molar-refractivity contribution in [1.29, 1.82) is 0 Å². The highest BCUT2D eigenvalue weighted by molar-refractivity contribution is 5.90. The normalized spacial score (nSPS) is 19.0. The Kier molecular flexibility index (Phi) is 3.99. The minimum absolute atomic E-state index is 0.262. The number of nitrogens with one attached hydrogen (secondary N) is 1. The zero-order valence-corrected chi connectivity index (χ0v) is 10.8. The summed E-state index contributed by atoms with van der Waals surface area (Å²) in [7, 11) is 0. The highest BCUT2D eigenvalue weighted by atomic mass is 16.4. The van der Waals surface area contributed by atoms with E-state index in [9.17, 15) is 9.59 Å². The average Bonchev–Trinajstić information content (AvgIpc) is 2.41. The van der Waals surface area contributed by atoms with Crippen molar-refractivity contribution < 1.29 is 14.7 Å². The fourth-order valence-corrected chi connectivity index (χ4v) is 2.17. The van der Waals surface area contributed by atoms with Gasteiger partial charge in [-0.15, -0.1) is 0 Å². The number of urea groups is 1. The van der Waals surface area contributed by atoms with Gasteiger partial charge in [-0.25, -0.2) is 4.79 Å². The van der Waals surface area contributed by atoms with E-state index in [0.29, 0.717) is 18.7 Å². The minimum Gasteiger partial charge on any atom is -0.481 e. The van der Waals surface area contributed by atoms with Gasteiger partial charge in [-0.05, 0) is 31.9 Å². The number of hydrogen-bond donors (Lipinski definition) is 2. The Bertz CT molecular complexity index is 490. The van der Waals surface area contributed by atoms with E-state index in [4.69, 9.17) is 5.11 Å². The van der Waals surface area contributed by atoms with E-state index >= 15 is 0 Å². The van der Waals surface area contributed by atoms with Gasteiger partial charge < -0.3 is 15.3 Å². The SMILES string of the molecule is Cc1ncccc1NC(=O)N1CCCC(C(=O)O)C1. The number of piperidine rings is 1. The summed E-state index contributed by atoms with van der Waals surface area (Å²) in [5.41, 5.74) is 1.40. The van der Waals surface area contributed by atoms with Crippen LogP contribution in [0.3, 0.4) is 0 Å². The van der Waals surface area contributed by atoms with Gasteiger partial charge >= 0.3 is 12.0 Å². The van der Waals surface area contributed by atoms with Crippen LogP contribution in [0.4, 0.5) is 10.5 Å². The molecule has 0 saturated carbocycles. The number of aromatic nitrogens is 1. The first-order chi connectivity index (χ1) is 9.08. The number of carboxylic acids is 1. The summed E-state index contributed by atoms with van der Waals surface area (Å²) in [4.78, 5) is 28.7. The molecule has 1 aromatic heterocycles. The molecule has 6 heteroatoms. The fourth-order valence-electron chi connectivity index (χ4n) is 2.17. The molecule has 0 spiro atoms. The smallest absolute Gasteiger partial charge is 0.321 e. The molecule has 0 radical (unpaired) electrons. The van der Waals surface area contributed by atoms with Crippen molar-refractivity contribution in [3.8, 4) is 0 Å². The van der Waals surface area contributed by atoms with Crippen LogP contribution in [0.25, 0.3) is 0 Å². The Hall–Kier alpha value is -2.11. The Morgan fingerprint density at radius 1 is 1.53 bits per heavy atom. The van der Waals surface area contributed by atoms with Gasteiger partial charge in [-0.1, -0.05) is 0 Å². The summed E-state index contributed by atoms with van der Waals surface area (Å²) < 4.78 is 0. The predicted octanol–water partition coefficient (Wildman–Crippen LogP) is 1.72. The highest BCUT2D eigenvalue weighted by Gasteiger charge is 2.28. The maximum absolute atomic E-state index is 12.1. The van der Waals surface area contributed by atoms with Crippen LogP contribution in [0, 0.1) is 12.8 Å². The van der Waals surface area contributed by atoms with Gasteiger partial charge in [0.05, 0.1) is 17.3 Å². The molecule has 1 saturated heterocycles. The number of rotatable bonds is 2. The Balaban J connectivity index is 2.00. The lowest BCUT2D eigenvalue weighted by Crippen LogP contribution is -2.44. The van der Waals surface area contributed by atoms with Crippen LogP contribution in [0.1, 0.15) is 18.5 Å². The standard InChI is InChI=1S/C13H17N3O3/c1-9-11(5-2-6-14-9)15-13(19)16-7-3-4-10(8-16)12(17)18/h2,5-6,10H,3-4,7-8H2,1H3,(H,15,19)(H,17,18). The third-order valence-electron chi connectivity index (χ3n) is 3.31. The Morgan fingerprint density at radius 2 is 2.32 bits per heavy atom. The Morgan fingerprint density at radius 3 is 3.00 bits per heavy atom. The summed E-state index contributed by atoms with van der Waals surface area (Å²) in [5, 5.41) is 11.8. The molecule has 1 aromatic rings. The molecular formula is C13H17N3O3. The van der Waals surface area contributed by atoms with Crippen molar-refractivity contribution >= 4 is 17.7 Å². The molecule has 0 bridgehead atoms. The fraction of sp³-hybridized carbons (Fsp3) is 0.462. The number of nitrogens with zero attached hydrogens (tertiary/aromatic N) is 2. The second-order valence-electron chi connectivity index (χ2n) is 4.69. The van der Waals surface area contributed by atoms with E-state index in [1.807, 2.05) is 6.92 Å². The van der Waals surface area contributed by atoms with Gasteiger partial charge in [0.25, 0.3) is 0 Å². The monoisotopic (exact) mass is 263 g/mol. The first-order valence-electron chi connectivity index (χ1n) is 6.28. The summed E-state index contributed by atoms with van der Waals surface area (Å²) in [5.74, 6) is -1.30. The molecule has 1 atom stereocenters. The number of carbonyl (C=O) groups is 2. The molecule has 1 aliphatic heterocycles. The van der Waals surface area contributed by atoms with Crippen molar-refractivity contribution in [3.05, 3.63) is 24.0 Å². The van der Waals surface area contributed by atoms with Crippen molar-refractivity contribution in [2.24, 2.45) is 5.92 Å². The van der Waals surface area contributed by atoms with Crippen LogP contribution in [0.5, 0.6) is 0 Å². The van der Waals surface area contributed by atoms with Crippen molar-refractivity contribution in [2.75, 3.05) is 18.4 Å². The maximum Gasteiger partial charge on any atom is 0.321 e. The first-order valence-corrected chi connectivity index (χ1v) is 6.28. The molecule has 6 nitrogen and oxygen atoms in total. The lowest BCUT2D eigenvalue weighted by Gasteiger charge is -2.30. The number of anilines is 1. The molecule has 0 aliphatic carbocycles. The van der Waals surface area contributed by atoms with Gasteiger partial charge in [0.1, 0.15) is 0 Å². The van der Waals surface area contributed by atoms with E-state index in [1.165, 1.54) is 0 Å². The van der Waals surface area contributed by atoms with Crippen molar-refractivity contribution in [2.45, 2.75) is 19.8 Å². The van der Waals surface area contributed by atoms with Crippen LogP contribution in [0.15, 0.2) is 18.3 Å². The molecule has 0 aromatic carbocycles. The van der Waals surface area contributed by atoms with E-state index in [-0.39, 0.29) is 12.6 Å². The predicted molar refractivity (Wildman–Crippen MR) is 69.9 cm³/mol. The molecule has 1 aliphatic rings. The molecule has 2 N–H and O–H groups in total. The number of hydrogen-bond acceptors (Lipinski definition) is 3. The second kappa shape index (κ2) is 5.69. The first kappa shape index (κ1) is 13.3. The Labute approximate surface area is 111 Å². The number of aryl methyl sites for hydroxylation is 1. The van der Waals surface area contributed by atoms with Gasteiger partial charge in [0.15, 0.2) is 0 Å². The van der Waals surface area contributed by atoms with Crippen LogP contribution in [-0.4, -0.2) is 40.1 Å². The molecule has 1 fully saturated rings. The van der Waals surface area contributed by atoms with E-state index in [0.717, 1.165) is 12.1 Å². The lowest BCUT2D eigenvalue weighted by atomic mass is 9.99. The molecule has 1 unspecified atom stereocenters. The third kappa shape index (κ3) is 3.21. The van der Waals surface area contributed by atoms with Crippen LogP contribution in [0.2, 0.25) is 0 Å². The van der Waals surface area contributed by atoms with Crippen LogP contribution in [-0.2, 0) is 4.79 Å².